The summed E-state index contributed by atoms with van der Waals surface area (Å²) in [7, 11) is 4.74. The Labute approximate surface area is 183 Å². The van der Waals surface area contributed by atoms with Gasteiger partial charge >= 0.3 is 0 Å². The van der Waals surface area contributed by atoms with Gasteiger partial charge in [0.05, 0.1) is 19.6 Å². The number of carbonyl (C=O) groups excluding carboxylic acids is 2. The normalized spacial score (nSPS) is 18.3. The van der Waals surface area contributed by atoms with E-state index in [0.717, 1.165) is 32.1 Å². The van der Waals surface area contributed by atoms with Crippen molar-refractivity contribution in [2.75, 3.05) is 40.2 Å². The van der Waals surface area contributed by atoms with Crippen molar-refractivity contribution >= 4 is 23.6 Å². The molecule has 0 aromatic heterocycles. The molecule has 0 spiro atoms. The van der Waals surface area contributed by atoms with Gasteiger partial charge in [-0.2, -0.15) is 0 Å². The quantitative estimate of drug-likeness (QED) is 0.505. The van der Waals surface area contributed by atoms with E-state index in [0.29, 0.717) is 36.0 Å². The van der Waals surface area contributed by atoms with Crippen LogP contribution in [0, 0.1) is 0 Å². The zero-order valence-electron chi connectivity index (χ0n) is 18.4. The molecule has 0 radical (unpaired) electrons. The summed E-state index contributed by atoms with van der Waals surface area (Å²) in [4.78, 5) is 28.1. The number of methoxy groups -OCH3 is 3. The lowest BCUT2D eigenvalue weighted by Gasteiger charge is -2.29. The molecule has 1 aromatic carbocycles. The van der Waals surface area contributed by atoms with Crippen LogP contribution in [0.1, 0.15) is 49.4 Å². The van der Waals surface area contributed by atoms with E-state index in [2.05, 4.69) is 12.2 Å². The second kappa shape index (κ2) is 12.7. The fraction of sp³-hybridized carbons (Fsp3) is 0.636. The summed E-state index contributed by atoms with van der Waals surface area (Å²) in [5, 5.41) is 2.95. The van der Waals surface area contributed by atoms with Gasteiger partial charge in [-0.15, -0.1) is 11.8 Å². The summed E-state index contributed by atoms with van der Waals surface area (Å²) in [6.07, 6.45) is 4.89. The monoisotopic (exact) mass is 438 g/mol. The van der Waals surface area contributed by atoms with Crippen LogP contribution < -0.4 is 14.8 Å². The molecule has 168 valence electrons. The van der Waals surface area contributed by atoms with Crippen LogP contribution in [-0.4, -0.2) is 68.4 Å². The van der Waals surface area contributed by atoms with Gasteiger partial charge in [-0.25, -0.2) is 0 Å². The highest BCUT2D eigenvalue weighted by Crippen LogP contribution is 2.35. The summed E-state index contributed by atoms with van der Waals surface area (Å²) in [5.74, 6) is 1.41. The summed E-state index contributed by atoms with van der Waals surface area (Å²) >= 11 is 1.69. The summed E-state index contributed by atoms with van der Waals surface area (Å²) in [5.41, 5.74) is 0.493. The van der Waals surface area contributed by atoms with E-state index in [1.165, 1.54) is 0 Å². The number of thioether (sulfide) groups is 1. The predicted octanol–water partition coefficient (Wildman–Crippen LogP) is 3.32. The maximum atomic E-state index is 13.5. The van der Waals surface area contributed by atoms with Crippen LogP contribution in [0.15, 0.2) is 18.2 Å². The van der Waals surface area contributed by atoms with Crippen LogP contribution in [0.2, 0.25) is 0 Å². The van der Waals surface area contributed by atoms with E-state index in [4.69, 9.17) is 14.2 Å². The maximum absolute atomic E-state index is 13.5. The first-order valence-corrected chi connectivity index (χ1v) is 11.5. The van der Waals surface area contributed by atoms with Crippen molar-refractivity contribution in [3.8, 4) is 11.5 Å². The van der Waals surface area contributed by atoms with Crippen molar-refractivity contribution in [3.63, 3.8) is 0 Å². The lowest BCUT2D eigenvalue weighted by atomic mass is 10.1. The number of ether oxygens (including phenoxy) is 3. The van der Waals surface area contributed by atoms with Gasteiger partial charge in [0.25, 0.3) is 5.91 Å². The Balaban J connectivity index is 2.20. The third-order valence-corrected chi connectivity index (χ3v) is 6.50. The van der Waals surface area contributed by atoms with E-state index in [-0.39, 0.29) is 17.2 Å². The highest BCUT2D eigenvalue weighted by molar-refractivity contribution is 8.00. The second-order valence-electron chi connectivity index (χ2n) is 7.22. The number of nitrogens with one attached hydrogen (secondary N) is 1. The van der Waals surface area contributed by atoms with Crippen molar-refractivity contribution in [1.82, 2.24) is 10.2 Å². The number of rotatable bonds is 12. The lowest BCUT2D eigenvalue weighted by molar-refractivity contribution is -0.124. The molecule has 0 saturated carbocycles. The Morgan fingerprint density at radius 2 is 1.90 bits per heavy atom. The van der Waals surface area contributed by atoms with Gasteiger partial charge in [0.2, 0.25) is 5.91 Å². The molecule has 0 aliphatic carbocycles. The van der Waals surface area contributed by atoms with E-state index < -0.39 is 6.04 Å². The van der Waals surface area contributed by atoms with Gasteiger partial charge in [0.1, 0.15) is 6.04 Å². The molecule has 2 amide bonds. The molecule has 1 aliphatic heterocycles. The van der Waals surface area contributed by atoms with Crippen molar-refractivity contribution < 1.29 is 23.8 Å². The summed E-state index contributed by atoms with van der Waals surface area (Å²) in [6, 6.07) is 4.65. The fourth-order valence-electron chi connectivity index (χ4n) is 3.49. The lowest BCUT2D eigenvalue weighted by Crippen LogP contribution is -2.50. The average molecular weight is 439 g/mol. The first-order valence-electron chi connectivity index (χ1n) is 10.5. The van der Waals surface area contributed by atoms with Crippen LogP contribution in [0.5, 0.6) is 11.5 Å². The van der Waals surface area contributed by atoms with E-state index in [1.54, 1.807) is 56.2 Å². The molecule has 2 atom stereocenters. The number of carbonyl (C=O) groups is 2. The topological polar surface area (TPSA) is 77.1 Å². The molecule has 8 heteroatoms. The first kappa shape index (κ1) is 24.3. The molecule has 1 heterocycles. The van der Waals surface area contributed by atoms with Crippen molar-refractivity contribution in [2.24, 2.45) is 0 Å². The van der Waals surface area contributed by atoms with Crippen LogP contribution in [-0.2, 0) is 9.53 Å². The Bertz CT molecular complexity index is 700. The van der Waals surface area contributed by atoms with Crippen LogP contribution in [0.4, 0.5) is 0 Å². The Morgan fingerprint density at radius 3 is 2.57 bits per heavy atom. The van der Waals surface area contributed by atoms with Gasteiger partial charge in [0.15, 0.2) is 11.5 Å². The van der Waals surface area contributed by atoms with Gasteiger partial charge in [0, 0.05) is 31.6 Å². The Hall–Kier alpha value is -1.93. The Kier molecular flexibility index (Phi) is 10.3. The fourth-order valence-corrected chi connectivity index (χ4v) is 4.95. The minimum atomic E-state index is -0.482. The summed E-state index contributed by atoms with van der Waals surface area (Å²) in [6.45, 7) is 3.28. The minimum absolute atomic E-state index is 0.00753. The van der Waals surface area contributed by atoms with Crippen LogP contribution >= 0.6 is 11.8 Å². The maximum Gasteiger partial charge on any atom is 0.255 e. The van der Waals surface area contributed by atoms with Crippen molar-refractivity contribution in [1.29, 1.82) is 0 Å². The van der Waals surface area contributed by atoms with E-state index in [9.17, 15) is 9.59 Å². The van der Waals surface area contributed by atoms with E-state index >= 15 is 0 Å². The number of nitrogens with zero attached hydrogens (tertiary/aromatic N) is 1. The van der Waals surface area contributed by atoms with Gasteiger partial charge in [-0.1, -0.05) is 26.2 Å². The van der Waals surface area contributed by atoms with Gasteiger partial charge in [-0.05, 0) is 31.0 Å². The molecule has 7 nitrogen and oxygen atoms in total. The van der Waals surface area contributed by atoms with Crippen molar-refractivity contribution in [2.45, 2.75) is 50.4 Å². The van der Waals surface area contributed by atoms with Crippen LogP contribution in [0.25, 0.3) is 0 Å². The molecular weight excluding hydrogens is 404 g/mol. The minimum Gasteiger partial charge on any atom is -0.493 e. The summed E-state index contributed by atoms with van der Waals surface area (Å²) < 4.78 is 15.7. The third kappa shape index (κ3) is 6.28. The van der Waals surface area contributed by atoms with Crippen LogP contribution in [0.3, 0.4) is 0 Å². The molecule has 2 unspecified atom stereocenters. The highest BCUT2D eigenvalue weighted by atomic mass is 32.2. The molecule has 2 rings (SSSR count). The second-order valence-corrected chi connectivity index (χ2v) is 8.43. The molecule has 30 heavy (non-hydrogen) atoms. The van der Waals surface area contributed by atoms with Gasteiger partial charge < -0.3 is 24.4 Å². The van der Waals surface area contributed by atoms with E-state index in [1.807, 2.05) is 0 Å². The number of amides is 2. The third-order valence-electron chi connectivity index (χ3n) is 5.14. The molecule has 1 aliphatic rings. The number of benzene rings is 1. The largest absolute Gasteiger partial charge is 0.493 e. The Morgan fingerprint density at radius 1 is 1.13 bits per heavy atom. The van der Waals surface area contributed by atoms with Gasteiger partial charge in [-0.3, -0.25) is 9.59 Å². The number of hydrogen-bond acceptors (Lipinski definition) is 6. The highest BCUT2D eigenvalue weighted by Gasteiger charge is 2.41. The molecular formula is C22H34N2O5S. The smallest absolute Gasteiger partial charge is 0.255 e. The molecule has 1 fully saturated rings. The standard InChI is InChI=1S/C22H34N2O5S/c1-5-6-7-9-20-24(17(15-30-20)21(25)23-12-8-13-27-2)22(26)16-10-11-18(28-3)19(14-16)29-4/h10-11,14,17,20H,5-9,12-13,15H2,1-4H3,(H,23,25). The molecule has 1 N–H and O–H groups in total. The molecule has 1 saturated heterocycles. The predicted molar refractivity (Wildman–Crippen MR) is 119 cm³/mol. The number of hydrogen-bond donors (Lipinski definition) is 1. The number of unbranched alkanes of at least 4 members (excludes halogenated alkanes) is 2. The SMILES string of the molecule is CCCCCC1SCC(C(=O)NCCCOC)N1C(=O)c1ccc(OC)c(OC)c1. The molecule has 1 aromatic rings. The van der Waals surface area contributed by atoms with Crippen molar-refractivity contribution in [3.05, 3.63) is 23.8 Å². The first-order chi connectivity index (χ1) is 14.6. The molecule has 0 bridgehead atoms. The average Bonchev–Trinajstić information content (AvgIpc) is 3.19. The zero-order valence-corrected chi connectivity index (χ0v) is 19.3. The zero-order chi connectivity index (χ0) is 21.9.